The highest BCUT2D eigenvalue weighted by Crippen LogP contribution is 2.22. The fourth-order valence-electron chi connectivity index (χ4n) is 1.59. The van der Waals surface area contributed by atoms with Gasteiger partial charge in [-0.05, 0) is 40.5 Å². The lowest BCUT2D eigenvalue weighted by atomic mass is 10.2. The van der Waals surface area contributed by atoms with Crippen molar-refractivity contribution >= 4 is 21.6 Å². The van der Waals surface area contributed by atoms with E-state index in [0.717, 1.165) is 25.1 Å². The van der Waals surface area contributed by atoms with Gasteiger partial charge in [0.15, 0.2) is 0 Å². The predicted molar refractivity (Wildman–Crippen MR) is 71.5 cm³/mol. The lowest BCUT2D eigenvalue weighted by Crippen LogP contribution is -2.25. The van der Waals surface area contributed by atoms with Crippen LogP contribution in [0.2, 0.25) is 0 Å². The lowest BCUT2D eigenvalue weighted by Gasteiger charge is -2.23. The topological polar surface area (TPSA) is 27.0 Å². The molecule has 0 unspecified atom stereocenters. The van der Waals surface area contributed by atoms with Gasteiger partial charge in [-0.25, -0.2) is 4.39 Å². The van der Waals surface area contributed by atoms with Gasteiger partial charge in [0.2, 0.25) is 0 Å². The Labute approximate surface area is 110 Å². The second kappa shape index (κ2) is 7.29. The monoisotopic (exact) mass is 298 g/mol. The number of nitriles is 1. The van der Waals surface area contributed by atoms with Crippen LogP contribution in [-0.4, -0.2) is 13.1 Å². The fraction of sp³-hybridized carbons (Fsp3) is 0.462. The number of rotatable bonds is 6. The van der Waals surface area contributed by atoms with Crippen LogP contribution >= 0.6 is 15.9 Å². The van der Waals surface area contributed by atoms with Crippen molar-refractivity contribution in [1.29, 1.82) is 5.26 Å². The maximum atomic E-state index is 13.4. The number of benzene rings is 1. The molecule has 0 amide bonds. The highest BCUT2D eigenvalue weighted by molar-refractivity contribution is 9.10. The number of unbranched alkanes of at least 4 members (excludes halogenated alkanes) is 1. The molecule has 17 heavy (non-hydrogen) atoms. The van der Waals surface area contributed by atoms with Crippen LogP contribution in [0, 0.1) is 17.1 Å². The fourth-order valence-corrected chi connectivity index (χ4v) is 1.83. The largest absolute Gasteiger partial charge is 0.370 e. The molecule has 0 saturated carbocycles. The summed E-state index contributed by atoms with van der Waals surface area (Å²) in [5, 5.41) is 8.63. The van der Waals surface area contributed by atoms with E-state index < -0.39 is 0 Å². The molecular formula is C13H16BrFN2. The highest BCUT2D eigenvalue weighted by atomic mass is 79.9. The SMILES string of the molecule is CCCCN(CCC#N)c1ccc(Br)c(F)c1. The average molecular weight is 299 g/mol. The summed E-state index contributed by atoms with van der Waals surface area (Å²) in [5.74, 6) is -0.263. The molecule has 4 heteroatoms. The summed E-state index contributed by atoms with van der Waals surface area (Å²) in [5.41, 5.74) is 0.842. The van der Waals surface area contributed by atoms with Crippen LogP contribution in [0.15, 0.2) is 22.7 Å². The van der Waals surface area contributed by atoms with Gasteiger partial charge in [0.25, 0.3) is 0 Å². The first-order chi connectivity index (χ1) is 8.19. The van der Waals surface area contributed by atoms with Crippen LogP contribution in [0.4, 0.5) is 10.1 Å². The molecule has 0 atom stereocenters. The zero-order valence-electron chi connectivity index (χ0n) is 9.92. The Kier molecular flexibility index (Phi) is 5.99. The van der Waals surface area contributed by atoms with E-state index in [2.05, 4.69) is 33.8 Å². The van der Waals surface area contributed by atoms with Crippen LogP contribution in [-0.2, 0) is 0 Å². The summed E-state index contributed by atoms with van der Waals surface area (Å²) in [4.78, 5) is 2.06. The van der Waals surface area contributed by atoms with Crippen LogP contribution in [0.25, 0.3) is 0 Å². The Morgan fingerprint density at radius 1 is 1.41 bits per heavy atom. The van der Waals surface area contributed by atoms with Gasteiger partial charge in [0.1, 0.15) is 5.82 Å². The molecule has 0 saturated heterocycles. The molecule has 0 N–H and O–H groups in total. The zero-order chi connectivity index (χ0) is 12.7. The standard InChI is InChI=1S/C13H16BrFN2/c1-2-3-8-17(9-4-7-16)11-5-6-12(14)13(15)10-11/h5-6,10H,2-4,8-9H2,1H3. The summed E-state index contributed by atoms with van der Waals surface area (Å²) in [6, 6.07) is 7.22. The summed E-state index contributed by atoms with van der Waals surface area (Å²) in [6.45, 7) is 3.63. The van der Waals surface area contributed by atoms with E-state index in [-0.39, 0.29) is 5.82 Å². The first-order valence-electron chi connectivity index (χ1n) is 5.76. The molecule has 92 valence electrons. The van der Waals surface area contributed by atoms with Gasteiger partial charge in [-0.2, -0.15) is 5.26 Å². The minimum absolute atomic E-state index is 0.263. The molecule has 2 nitrogen and oxygen atoms in total. The maximum absolute atomic E-state index is 13.4. The van der Waals surface area contributed by atoms with Crippen molar-refractivity contribution in [2.24, 2.45) is 0 Å². The van der Waals surface area contributed by atoms with Crippen molar-refractivity contribution in [3.63, 3.8) is 0 Å². The van der Waals surface area contributed by atoms with Gasteiger partial charge in [-0.3, -0.25) is 0 Å². The van der Waals surface area contributed by atoms with Crippen molar-refractivity contribution in [2.75, 3.05) is 18.0 Å². The van der Waals surface area contributed by atoms with Gasteiger partial charge in [-0.15, -0.1) is 0 Å². The molecule has 0 fully saturated rings. The van der Waals surface area contributed by atoms with Crippen molar-refractivity contribution in [3.8, 4) is 6.07 Å². The smallest absolute Gasteiger partial charge is 0.139 e. The molecule has 0 aliphatic carbocycles. The first-order valence-corrected chi connectivity index (χ1v) is 6.55. The van der Waals surface area contributed by atoms with E-state index in [9.17, 15) is 4.39 Å². The van der Waals surface area contributed by atoms with Crippen molar-refractivity contribution in [2.45, 2.75) is 26.2 Å². The quantitative estimate of drug-likeness (QED) is 0.790. The Morgan fingerprint density at radius 2 is 2.18 bits per heavy atom. The number of hydrogen-bond acceptors (Lipinski definition) is 2. The summed E-state index contributed by atoms with van der Waals surface area (Å²) < 4.78 is 13.9. The van der Waals surface area contributed by atoms with E-state index in [4.69, 9.17) is 5.26 Å². The molecule has 1 rings (SSSR count). The van der Waals surface area contributed by atoms with Crippen molar-refractivity contribution < 1.29 is 4.39 Å². The third kappa shape index (κ3) is 4.35. The third-order valence-electron chi connectivity index (χ3n) is 2.54. The van der Waals surface area contributed by atoms with Crippen LogP contribution in [0.1, 0.15) is 26.2 Å². The minimum atomic E-state index is -0.263. The van der Waals surface area contributed by atoms with Gasteiger partial charge < -0.3 is 4.90 Å². The summed E-state index contributed by atoms with van der Waals surface area (Å²) in [6.07, 6.45) is 2.59. The molecule has 0 aliphatic rings. The molecule has 0 aliphatic heterocycles. The van der Waals surface area contributed by atoms with Crippen LogP contribution in [0.3, 0.4) is 0 Å². The number of nitrogens with zero attached hydrogens (tertiary/aromatic N) is 2. The van der Waals surface area contributed by atoms with Crippen LogP contribution in [0.5, 0.6) is 0 Å². The number of hydrogen-bond donors (Lipinski definition) is 0. The number of anilines is 1. The Morgan fingerprint density at radius 3 is 2.76 bits per heavy atom. The molecule has 0 radical (unpaired) electrons. The van der Waals surface area contributed by atoms with Crippen molar-refractivity contribution in [1.82, 2.24) is 0 Å². The van der Waals surface area contributed by atoms with E-state index in [1.54, 1.807) is 6.07 Å². The molecule has 1 aromatic rings. The molecule has 0 spiro atoms. The Hall–Kier alpha value is -1.08. The first kappa shape index (κ1) is 14.0. The summed E-state index contributed by atoms with van der Waals surface area (Å²) in [7, 11) is 0. The summed E-state index contributed by atoms with van der Waals surface area (Å²) >= 11 is 3.14. The molecule has 1 aromatic carbocycles. The maximum Gasteiger partial charge on any atom is 0.139 e. The third-order valence-corrected chi connectivity index (χ3v) is 3.19. The number of halogens is 2. The van der Waals surface area contributed by atoms with E-state index in [0.29, 0.717) is 17.4 Å². The van der Waals surface area contributed by atoms with Gasteiger partial charge >= 0.3 is 0 Å². The van der Waals surface area contributed by atoms with Crippen molar-refractivity contribution in [3.05, 3.63) is 28.5 Å². The van der Waals surface area contributed by atoms with Gasteiger partial charge in [0, 0.05) is 18.8 Å². The second-order valence-electron chi connectivity index (χ2n) is 3.85. The molecular weight excluding hydrogens is 283 g/mol. The van der Waals surface area contributed by atoms with E-state index >= 15 is 0 Å². The van der Waals surface area contributed by atoms with Crippen LogP contribution < -0.4 is 4.90 Å². The zero-order valence-corrected chi connectivity index (χ0v) is 11.5. The van der Waals surface area contributed by atoms with E-state index in [1.165, 1.54) is 6.07 Å². The Balaban J connectivity index is 2.80. The lowest BCUT2D eigenvalue weighted by molar-refractivity contribution is 0.619. The molecule has 0 heterocycles. The second-order valence-corrected chi connectivity index (χ2v) is 4.70. The van der Waals surface area contributed by atoms with Gasteiger partial charge in [0.05, 0.1) is 17.0 Å². The normalized spacial score (nSPS) is 10.0. The van der Waals surface area contributed by atoms with Gasteiger partial charge in [-0.1, -0.05) is 13.3 Å². The minimum Gasteiger partial charge on any atom is -0.370 e. The predicted octanol–water partition coefficient (Wildman–Crippen LogP) is 4.11. The molecule has 0 bridgehead atoms. The average Bonchev–Trinajstić information content (AvgIpc) is 2.33. The van der Waals surface area contributed by atoms with E-state index in [1.807, 2.05) is 6.07 Å². The molecule has 0 aromatic heterocycles. The Bertz CT molecular complexity index is 401. The highest BCUT2D eigenvalue weighted by Gasteiger charge is 2.08.